The quantitative estimate of drug-likeness (QED) is 0.607. The van der Waals surface area contributed by atoms with Crippen molar-refractivity contribution in [2.24, 2.45) is 5.73 Å². The van der Waals surface area contributed by atoms with Gasteiger partial charge in [0.25, 0.3) is 0 Å². The summed E-state index contributed by atoms with van der Waals surface area (Å²) in [7, 11) is 1.78. The number of primary amides is 1. The van der Waals surface area contributed by atoms with Gasteiger partial charge in [0.15, 0.2) is 0 Å². The number of hydrogen-bond acceptors (Lipinski definition) is 4. The third kappa shape index (κ3) is 3.94. The molecule has 0 bridgehead atoms. The minimum atomic E-state index is -0.574. The summed E-state index contributed by atoms with van der Waals surface area (Å²) in [6.07, 6.45) is 3.41. The first kappa shape index (κ1) is 14.4. The van der Waals surface area contributed by atoms with Crippen LogP contribution in [0.2, 0.25) is 0 Å². The minimum absolute atomic E-state index is 0.111. The number of ether oxygens (including phenoxy) is 2. The smallest absolute Gasteiger partial charge is 0.237 e. The van der Waals surface area contributed by atoms with Crippen molar-refractivity contribution in [3.8, 4) is 0 Å². The Kier molecular flexibility index (Phi) is 5.88. The van der Waals surface area contributed by atoms with Gasteiger partial charge in [0.05, 0.1) is 24.9 Å². The number of carbonyl (C=O) groups excluding carboxylic acids is 1. The van der Waals surface area contributed by atoms with Crippen LogP contribution < -0.4 is 11.1 Å². The van der Waals surface area contributed by atoms with Crippen LogP contribution in [0.1, 0.15) is 32.6 Å². The van der Waals surface area contributed by atoms with Crippen LogP contribution in [-0.2, 0) is 14.3 Å². The molecule has 1 fully saturated rings. The van der Waals surface area contributed by atoms with Crippen molar-refractivity contribution in [1.29, 1.82) is 0 Å². The molecule has 100 valence electrons. The Morgan fingerprint density at radius 3 is 2.76 bits per heavy atom. The fourth-order valence-corrected chi connectivity index (χ4v) is 2.24. The van der Waals surface area contributed by atoms with E-state index in [4.69, 9.17) is 15.2 Å². The van der Waals surface area contributed by atoms with Gasteiger partial charge < -0.3 is 20.5 Å². The molecule has 5 nitrogen and oxygen atoms in total. The maximum Gasteiger partial charge on any atom is 0.237 e. The van der Waals surface area contributed by atoms with Crippen LogP contribution in [0.3, 0.4) is 0 Å². The minimum Gasteiger partial charge on any atom is -0.379 e. The molecule has 1 aliphatic carbocycles. The predicted octanol–water partition coefficient (Wildman–Crippen LogP) is 0.426. The van der Waals surface area contributed by atoms with Crippen LogP contribution in [0, 0.1) is 0 Å². The van der Waals surface area contributed by atoms with E-state index in [0.717, 1.165) is 25.9 Å². The lowest BCUT2D eigenvalue weighted by molar-refractivity contribution is -0.124. The number of amides is 1. The highest BCUT2D eigenvalue weighted by Gasteiger charge is 2.43. The molecule has 1 amide bonds. The largest absolute Gasteiger partial charge is 0.379 e. The molecular formula is C12H24N2O3. The zero-order valence-electron chi connectivity index (χ0n) is 10.8. The van der Waals surface area contributed by atoms with Gasteiger partial charge in [-0.25, -0.2) is 0 Å². The third-order valence-corrected chi connectivity index (χ3v) is 3.35. The van der Waals surface area contributed by atoms with E-state index in [2.05, 4.69) is 12.2 Å². The summed E-state index contributed by atoms with van der Waals surface area (Å²) in [6.45, 7) is 4.05. The van der Waals surface area contributed by atoms with Gasteiger partial charge in [-0.2, -0.15) is 0 Å². The molecule has 2 atom stereocenters. The maximum atomic E-state index is 11.4. The van der Waals surface area contributed by atoms with E-state index in [0.29, 0.717) is 19.6 Å². The van der Waals surface area contributed by atoms with Gasteiger partial charge in [-0.05, 0) is 26.3 Å². The molecule has 1 aliphatic rings. The SMILES string of the molecule is CCCOCCOC1CCC(NC)(C(N)=O)C1. The Bertz CT molecular complexity index is 248. The molecule has 3 N–H and O–H groups in total. The Labute approximate surface area is 103 Å². The molecule has 1 saturated carbocycles. The fraction of sp³-hybridized carbons (Fsp3) is 0.917. The van der Waals surface area contributed by atoms with E-state index in [-0.39, 0.29) is 12.0 Å². The zero-order chi connectivity index (χ0) is 12.7. The number of nitrogens with two attached hydrogens (primary N) is 1. The number of nitrogens with one attached hydrogen (secondary N) is 1. The summed E-state index contributed by atoms with van der Waals surface area (Å²) < 4.78 is 11.0. The summed E-state index contributed by atoms with van der Waals surface area (Å²) in [6, 6.07) is 0. The van der Waals surface area contributed by atoms with Gasteiger partial charge in [0.1, 0.15) is 0 Å². The van der Waals surface area contributed by atoms with Crippen molar-refractivity contribution in [2.45, 2.75) is 44.2 Å². The monoisotopic (exact) mass is 244 g/mol. The predicted molar refractivity (Wildman–Crippen MR) is 65.7 cm³/mol. The van der Waals surface area contributed by atoms with Gasteiger partial charge >= 0.3 is 0 Å². The molecule has 5 heteroatoms. The highest BCUT2D eigenvalue weighted by molar-refractivity contribution is 5.85. The number of rotatable bonds is 8. The first-order valence-corrected chi connectivity index (χ1v) is 6.33. The van der Waals surface area contributed by atoms with E-state index in [9.17, 15) is 4.79 Å². The van der Waals surface area contributed by atoms with Crippen LogP contribution in [0.4, 0.5) is 0 Å². The second-order valence-corrected chi connectivity index (χ2v) is 4.54. The molecule has 0 radical (unpaired) electrons. The lowest BCUT2D eigenvalue weighted by Crippen LogP contribution is -2.52. The summed E-state index contributed by atoms with van der Waals surface area (Å²) in [5, 5.41) is 3.03. The molecule has 1 rings (SSSR count). The van der Waals surface area contributed by atoms with Gasteiger partial charge in [-0.3, -0.25) is 4.79 Å². The van der Waals surface area contributed by atoms with Gasteiger partial charge in [-0.1, -0.05) is 6.92 Å². The summed E-state index contributed by atoms with van der Waals surface area (Å²) in [5.41, 5.74) is 4.84. The van der Waals surface area contributed by atoms with Crippen molar-refractivity contribution in [3.05, 3.63) is 0 Å². The van der Waals surface area contributed by atoms with Crippen LogP contribution in [0.15, 0.2) is 0 Å². The van der Waals surface area contributed by atoms with Crippen LogP contribution in [-0.4, -0.2) is 44.4 Å². The normalized spacial score (nSPS) is 28.5. The molecule has 2 unspecified atom stereocenters. The second-order valence-electron chi connectivity index (χ2n) is 4.54. The molecule has 0 heterocycles. The van der Waals surface area contributed by atoms with Gasteiger partial charge in [0.2, 0.25) is 5.91 Å². The van der Waals surface area contributed by atoms with Crippen molar-refractivity contribution in [2.75, 3.05) is 26.9 Å². The molecule has 0 spiro atoms. The van der Waals surface area contributed by atoms with Crippen molar-refractivity contribution < 1.29 is 14.3 Å². The van der Waals surface area contributed by atoms with E-state index in [1.54, 1.807) is 7.05 Å². The lowest BCUT2D eigenvalue weighted by atomic mass is 9.97. The molecule has 0 saturated heterocycles. The second kappa shape index (κ2) is 6.93. The van der Waals surface area contributed by atoms with Crippen molar-refractivity contribution >= 4 is 5.91 Å². The highest BCUT2D eigenvalue weighted by Crippen LogP contribution is 2.31. The Hall–Kier alpha value is -0.650. The molecule has 0 aromatic heterocycles. The van der Waals surface area contributed by atoms with Gasteiger partial charge in [0, 0.05) is 13.0 Å². The highest BCUT2D eigenvalue weighted by atomic mass is 16.5. The average molecular weight is 244 g/mol. The number of hydrogen-bond donors (Lipinski definition) is 2. The molecule has 0 aliphatic heterocycles. The number of carbonyl (C=O) groups is 1. The first-order chi connectivity index (χ1) is 8.14. The average Bonchev–Trinajstić information content (AvgIpc) is 2.74. The molecule has 0 aromatic carbocycles. The lowest BCUT2D eigenvalue weighted by Gasteiger charge is -2.24. The van der Waals surface area contributed by atoms with E-state index in [1.807, 2.05) is 0 Å². The van der Waals surface area contributed by atoms with E-state index >= 15 is 0 Å². The Morgan fingerprint density at radius 2 is 2.24 bits per heavy atom. The molecule has 17 heavy (non-hydrogen) atoms. The molecular weight excluding hydrogens is 220 g/mol. The summed E-state index contributed by atoms with van der Waals surface area (Å²) in [5.74, 6) is -0.284. The Morgan fingerprint density at radius 1 is 1.47 bits per heavy atom. The van der Waals surface area contributed by atoms with Crippen molar-refractivity contribution in [3.63, 3.8) is 0 Å². The number of likely N-dealkylation sites (N-methyl/N-ethyl adjacent to an activating group) is 1. The summed E-state index contributed by atoms with van der Waals surface area (Å²) >= 11 is 0. The van der Waals surface area contributed by atoms with Crippen LogP contribution in [0.25, 0.3) is 0 Å². The zero-order valence-corrected chi connectivity index (χ0v) is 10.8. The Balaban J connectivity index is 2.23. The van der Waals surface area contributed by atoms with Crippen LogP contribution in [0.5, 0.6) is 0 Å². The van der Waals surface area contributed by atoms with E-state index < -0.39 is 5.54 Å². The summed E-state index contributed by atoms with van der Waals surface area (Å²) in [4.78, 5) is 11.4. The third-order valence-electron chi connectivity index (χ3n) is 3.35. The first-order valence-electron chi connectivity index (χ1n) is 6.33. The van der Waals surface area contributed by atoms with Crippen molar-refractivity contribution in [1.82, 2.24) is 5.32 Å². The topological polar surface area (TPSA) is 73.6 Å². The van der Waals surface area contributed by atoms with Crippen LogP contribution >= 0.6 is 0 Å². The van der Waals surface area contributed by atoms with Gasteiger partial charge in [-0.15, -0.1) is 0 Å². The standard InChI is InChI=1S/C12H24N2O3/c1-3-6-16-7-8-17-10-4-5-12(9-10,14-2)11(13)15/h10,14H,3-9H2,1-2H3,(H2,13,15). The van der Waals surface area contributed by atoms with E-state index in [1.165, 1.54) is 0 Å². The fourth-order valence-electron chi connectivity index (χ4n) is 2.24. The molecule has 0 aromatic rings. The maximum absolute atomic E-state index is 11.4.